The molecule has 0 aromatic rings. The topological polar surface area (TPSA) is 84.2 Å². The quantitative estimate of drug-likeness (QED) is 0.642. The molecule has 22 heavy (non-hydrogen) atoms. The Labute approximate surface area is 134 Å². The first-order valence-electron chi connectivity index (χ1n) is 8.77. The maximum absolute atomic E-state index is 12.3. The van der Waals surface area contributed by atoms with Gasteiger partial charge in [-0.1, -0.05) is 33.1 Å². The van der Waals surface area contributed by atoms with Gasteiger partial charge < -0.3 is 16.4 Å². The van der Waals surface area contributed by atoms with E-state index in [0.29, 0.717) is 18.9 Å². The lowest BCUT2D eigenvalue weighted by molar-refractivity contribution is -0.130. The predicted octanol–water partition coefficient (Wildman–Crippen LogP) is 2.10. The van der Waals surface area contributed by atoms with Crippen molar-refractivity contribution in [2.24, 2.45) is 11.7 Å². The summed E-state index contributed by atoms with van der Waals surface area (Å²) < 4.78 is 0. The summed E-state index contributed by atoms with van der Waals surface area (Å²) >= 11 is 0. The van der Waals surface area contributed by atoms with Gasteiger partial charge in [0.15, 0.2) is 0 Å². The van der Waals surface area contributed by atoms with Crippen molar-refractivity contribution in [1.82, 2.24) is 10.6 Å². The van der Waals surface area contributed by atoms with Crippen LogP contribution in [0.15, 0.2) is 0 Å². The molecule has 1 aliphatic carbocycles. The number of carbonyl (C=O) groups is 2. The summed E-state index contributed by atoms with van der Waals surface area (Å²) in [6, 6.07) is -0.514. The summed E-state index contributed by atoms with van der Waals surface area (Å²) in [7, 11) is 0. The van der Waals surface area contributed by atoms with Crippen LogP contribution in [-0.2, 0) is 9.59 Å². The first-order chi connectivity index (χ1) is 10.5. The van der Waals surface area contributed by atoms with E-state index in [1.54, 1.807) is 6.92 Å². The van der Waals surface area contributed by atoms with Gasteiger partial charge in [0.25, 0.3) is 0 Å². The van der Waals surface area contributed by atoms with Crippen molar-refractivity contribution in [3.05, 3.63) is 0 Å². The molecular formula is C17H33N3O2. The van der Waals surface area contributed by atoms with Crippen LogP contribution in [0, 0.1) is 5.92 Å². The highest BCUT2D eigenvalue weighted by Crippen LogP contribution is 2.26. The molecule has 0 spiro atoms. The number of nitrogens with two attached hydrogens (primary N) is 1. The number of rotatable bonds is 8. The zero-order valence-electron chi connectivity index (χ0n) is 14.4. The average molecular weight is 311 g/mol. The van der Waals surface area contributed by atoms with Crippen molar-refractivity contribution in [1.29, 1.82) is 0 Å². The first-order valence-corrected chi connectivity index (χ1v) is 8.77. The standard InChI is InChI=1S/C17H33N3O2/c1-4-17(5-2,12-18)20-16(22)13(3)19-15(21)11-14-9-7-6-8-10-14/h13-14H,4-12,18H2,1-3H3,(H,19,21)(H,20,22). The van der Waals surface area contributed by atoms with Crippen LogP contribution in [0.3, 0.4) is 0 Å². The van der Waals surface area contributed by atoms with E-state index in [1.165, 1.54) is 19.3 Å². The number of hydrogen-bond donors (Lipinski definition) is 3. The van der Waals surface area contributed by atoms with Gasteiger partial charge in [-0.25, -0.2) is 0 Å². The minimum Gasteiger partial charge on any atom is -0.348 e. The first kappa shape index (κ1) is 18.9. The molecule has 1 fully saturated rings. The van der Waals surface area contributed by atoms with E-state index < -0.39 is 6.04 Å². The molecule has 4 N–H and O–H groups in total. The molecular weight excluding hydrogens is 278 g/mol. The van der Waals surface area contributed by atoms with E-state index in [0.717, 1.165) is 25.7 Å². The van der Waals surface area contributed by atoms with Gasteiger partial charge in [-0.3, -0.25) is 9.59 Å². The summed E-state index contributed by atoms with van der Waals surface area (Å²) in [5.41, 5.74) is 5.44. The fourth-order valence-corrected chi connectivity index (χ4v) is 3.16. The molecule has 5 heteroatoms. The van der Waals surface area contributed by atoms with E-state index >= 15 is 0 Å². The van der Waals surface area contributed by atoms with Gasteiger partial charge in [0.2, 0.25) is 11.8 Å². The molecule has 0 aromatic carbocycles. The van der Waals surface area contributed by atoms with Crippen LogP contribution in [0.1, 0.15) is 72.1 Å². The highest BCUT2D eigenvalue weighted by Gasteiger charge is 2.29. The van der Waals surface area contributed by atoms with Crippen LogP contribution in [-0.4, -0.2) is 29.9 Å². The van der Waals surface area contributed by atoms with Crippen molar-refractivity contribution in [3.8, 4) is 0 Å². The molecule has 5 nitrogen and oxygen atoms in total. The van der Waals surface area contributed by atoms with E-state index in [1.807, 2.05) is 13.8 Å². The number of hydrogen-bond acceptors (Lipinski definition) is 3. The Balaban J connectivity index is 2.43. The fraction of sp³-hybridized carbons (Fsp3) is 0.882. The molecule has 0 heterocycles. The summed E-state index contributed by atoms with van der Waals surface area (Å²) in [6.45, 7) is 6.18. The smallest absolute Gasteiger partial charge is 0.242 e. The number of amides is 2. The predicted molar refractivity (Wildman–Crippen MR) is 89.3 cm³/mol. The number of carbonyl (C=O) groups excluding carboxylic acids is 2. The Kier molecular flexibility index (Phi) is 7.87. The van der Waals surface area contributed by atoms with Gasteiger partial charge in [0, 0.05) is 13.0 Å². The lowest BCUT2D eigenvalue weighted by Gasteiger charge is -2.32. The van der Waals surface area contributed by atoms with Crippen LogP contribution in [0.4, 0.5) is 0 Å². The molecule has 0 bridgehead atoms. The average Bonchev–Trinajstić information content (AvgIpc) is 2.53. The lowest BCUT2D eigenvalue weighted by atomic mass is 9.87. The van der Waals surface area contributed by atoms with Crippen LogP contribution >= 0.6 is 0 Å². The van der Waals surface area contributed by atoms with Crippen molar-refractivity contribution >= 4 is 11.8 Å². The normalized spacial score (nSPS) is 17.8. The summed E-state index contributed by atoms with van der Waals surface area (Å²) in [6.07, 6.45) is 8.11. The summed E-state index contributed by atoms with van der Waals surface area (Å²) in [4.78, 5) is 24.4. The minimum atomic E-state index is -0.514. The highest BCUT2D eigenvalue weighted by molar-refractivity contribution is 5.87. The van der Waals surface area contributed by atoms with Gasteiger partial charge in [-0.05, 0) is 38.5 Å². The third-order valence-electron chi connectivity index (χ3n) is 5.10. The van der Waals surface area contributed by atoms with Gasteiger partial charge >= 0.3 is 0 Å². The molecule has 128 valence electrons. The molecule has 1 saturated carbocycles. The Bertz CT molecular complexity index is 353. The second kappa shape index (κ2) is 9.13. The molecule has 0 radical (unpaired) electrons. The zero-order valence-corrected chi connectivity index (χ0v) is 14.4. The van der Waals surface area contributed by atoms with Crippen LogP contribution in [0.5, 0.6) is 0 Å². The van der Waals surface area contributed by atoms with Crippen LogP contribution < -0.4 is 16.4 Å². The largest absolute Gasteiger partial charge is 0.348 e. The van der Waals surface area contributed by atoms with E-state index in [2.05, 4.69) is 10.6 Å². The van der Waals surface area contributed by atoms with Gasteiger partial charge in [-0.15, -0.1) is 0 Å². The maximum atomic E-state index is 12.3. The van der Waals surface area contributed by atoms with E-state index in [-0.39, 0.29) is 17.4 Å². The molecule has 1 rings (SSSR count). The SMILES string of the molecule is CCC(CC)(CN)NC(=O)C(C)NC(=O)CC1CCCCC1. The molecule has 0 saturated heterocycles. The van der Waals surface area contributed by atoms with Crippen LogP contribution in [0.25, 0.3) is 0 Å². The third kappa shape index (κ3) is 5.59. The van der Waals surface area contributed by atoms with Gasteiger partial charge in [0.05, 0.1) is 5.54 Å². The summed E-state index contributed by atoms with van der Waals surface area (Å²) in [5, 5.41) is 5.84. The summed E-state index contributed by atoms with van der Waals surface area (Å²) in [5.74, 6) is 0.325. The minimum absolute atomic E-state index is 0.0131. The van der Waals surface area contributed by atoms with Gasteiger partial charge in [-0.2, -0.15) is 0 Å². The maximum Gasteiger partial charge on any atom is 0.242 e. The fourth-order valence-electron chi connectivity index (χ4n) is 3.16. The van der Waals surface area contributed by atoms with Crippen molar-refractivity contribution in [2.45, 2.75) is 83.7 Å². The Hall–Kier alpha value is -1.10. The Morgan fingerprint density at radius 1 is 1.18 bits per heavy atom. The van der Waals surface area contributed by atoms with Crippen molar-refractivity contribution in [3.63, 3.8) is 0 Å². The third-order valence-corrected chi connectivity index (χ3v) is 5.10. The Morgan fingerprint density at radius 3 is 2.27 bits per heavy atom. The van der Waals surface area contributed by atoms with Crippen LogP contribution in [0.2, 0.25) is 0 Å². The lowest BCUT2D eigenvalue weighted by Crippen LogP contribution is -2.57. The second-order valence-electron chi connectivity index (χ2n) is 6.68. The van der Waals surface area contributed by atoms with Gasteiger partial charge in [0.1, 0.15) is 6.04 Å². The van der Waals surface area contributed by atoms with E-state index in [4.69, 9.17) is 5.73 Å². The Morgan fingerprint density at radius 2 is 1.77 bits per heavy atom. The van der Waals surface area contributed by atoms with E-state index in [9.17, 15) is 9.59 Å². The number of nitrogens with one attached hydrogen (secondary N) is 2. The molecule has 2 amide bonds. The molecule has 1 atom stereocenters. The highest BCUT2D eigenvalue weighted by atomic mass is 16.2. The van der Waals surface area contributed by atoms with Crippen molar-refractivity contribution in [2.75, 3.05) is 6.54 Å². The van der Waals surface area contributed by atoms with Crippen molar-refractivity contribution < 1.29 is 9.59 Å². The molecule has 1 aliphatic rings. The zero-order chi connectivity index (χ0) is 16.6. The molecule has 0 aliphatic heterocycles. The molecule has 1 unspecified atom stereocenters. The monoisotopic (exact) mass is 311 g/mol. The second-order valence-corrected chi connectivity index (χ2v) is 6.68. The molecule has 0 aromatic heterocycles.